The van der Waals surface area contributed by atoms with E-state index in [1.165, 1.54) is 24.4 Å². The predicted molar refractivity (Wildman–Crippen MR) is 74.1 cm³/mol. The Hall–Kier alpha value is -2.50. The van der Waals surface area contributed by atoms with Crippen LogP contribution in [0.25, 0.3) is 0 Å². The van der Waals surface area contributed by atoms with Gasteiger partial charge >= 0.3 is 0 Å². The van der Waals surface area contributed by atoms with Gasteiger partial charge in [-0.3, -0.25) is 10.1 Å². The van der Waals surface area contributed by atoms with Gasteiger partial charge in [-0.15, -0.1) is 0 Å². The first kappa shape index (κ1) is 13.9. The van der Waals surface area contributed by atoms with Gasteiger partial charge in [0.25, 0.3) is 5.69 Å². The molecule has 2 aromatic rings. The first-order valence-electron chi connectivity index (χ1n) is 6.16. The zero-order chi connectivity index (χ0) is 14.5. The van der Waals surface area contributed by atoms with E-state index in [1.807, 2.05) is 13.0 Å². The summed E-state index contributed by atoms with van der Waals surface area (Å²) in [5.74, 6) is 0.294. The van der Waals surface area contributed by atoms with Crippen molar-refractivity contribution in [2.45, 2.75) is 19.4 Å². The van der Waals surface area contributed by atoms with E-state index in [1.54, 1.807) is 12.1 Å². The molecule has 0 aliphatic carbocycles. The van der Waals surface area contributed by atoms with Gasteiger partial charge in [0.15, 0.2) is 0 Å². The SMILES string of the molecule is CC(Cc1cccc(F)c1)Nc1ccc([N+](=O)[O-])cn1. The van der Waals surface area contributed by atoms with Crippen molar-refractivity contribution in [3.05, 3.63) is 64.1 Å². The van der Waals surface area contributed by atoms with Crippen LogP contribution in [0.2, 0.25) is 0 Å². The van der Waals surface area contributed by atoms with Gasteiger partial charge in [-0.05, 0) is 37.1 Å². The molecule has 6 heteroatoms. The maximum absolute atomic E-state index is 13.1. The average molecular weight is 275 g/mol. The van der Waals surface area contributed by atoms with E-state index < -0.39 is 4.92 Å². The molecule has 1 atom stereocenters. The number of anilines is 1. The van der Waals surface area contributed by atoms with Gasteiger partial charge in [0.2, 0.25) is 0 Å². The third kappa shape index (κ3) is 3.74. The number of nitro groups is 1. The minimum atomic E-state index is -0.493. The summed E-state index contributed by atoms with van der Waals surface area (Å²) >= 11 is 0. The molecule has 1 heterocycles. The molecule has 1 aromatic heterocycles. The number of benzene rings is 1. The Labute approximate surface area is 115 Å². The molecule has 0 fully saturated rings. The van der Waals surface area contributed by atoms with Crippen molar-refractivity contribution in [1.82, 2.24) is 4.98 Å². The third-order valence-electron chi connectivity index (χ3n) is 2.78. The van der Waals surface area contributed by atoms with E-state index in [0.717, 1.165) is 5.56 Å². The number of pyridine rings is 1. The first-order valence-corrected chi connectivity index (χ1v) is 6.16. The van der Waals surface area contributed by atoms with Gasteiger partial charge in [-0.2, -0.15) is 0 Å². The lowest BCUT2D eigenvalue weighted by atomic mass is 10.1. The lowest BCUT2D eigenvalue weighted by Crippen LogP contribution is -2.18. The Morgan fingerprint density at radius 3 is 2.80 bits per heavy atom. The first-order chi connectivity index (χ1) is 9.54. The molecule has 20 heavy (non-hydrogen) atoms. The summed E-state index contributed by atoms with van der Waals surface area (Å²) in [6, 6.07) is 9.39. The van der Waals surface area contributed by atoms with E-state index in [9.17, 15) is 14.5 Å². The van der Waals surface area contributed by atoms with Crippen LogP contribution < -0.4 is 5.32 Å². The zero-order valence-corrected chi connectivity index (χ0v) is 10.9. The molecule has 0 amide bonds. The summed E-state index contributed by atoms with van der Waals surface area (Å²) in [6.45, 7) is 1.94. The third-order valence-corrected chi connectivity index (χ3v) is 2.78. The molecule has 1 unspecified atom stereocenters. The van der Waals surface area contributed by atoms with Crippen LogP contribution in [-0.2, 0) is 6.42 Å². The van der Waals surface area contributed by atoms with Gasteiger partial charge < -0.3 is 5.32 Å². The molecular formula is C14H14FN3O2. The monoisotopic (exact) mass is 275 g/mol. The average Bonchev–Trinajstić information content (AvgIpc) is 2.39. The maximum atomic E-state index is 13.1. The standard InChI is InChI=1S/C14H14FN3O2/c1-10(7-11-3-2-4-12(15)8-11)17-14-6-5-13(9-16-14)18(19)20/h2-6,8-10H,7H2,1H3,(H,16,17). The largest absolute Gasteiger partial charge is 0.367 e. The molecule has 0 saturated carbocycles. The van der Waals surface area contributed by atoms with Crippen molar-refractivity contribution < 1.29 is 9.31 Å². The van der Waals surface area contributed by atoms with Crippen molar-refractivity contribution in [1.29, 1.82) is 0 Å². The topological polar surface area (TPSA) is 68.1 Å². The normalized spacial score (nSPS) is 11.9. The second-order valence-corrected chi connectivity index (χ2v) is 4.54. The second-order valence-electron chi connectivity index (χ2n) is 4.54. The Morgan fingerprint density at radius 2 is 2.20 bits per heavy atom. The molecule has 0 bridgehead atoms. The number of hydrogen-bond donors (Lipinski definition) is 1. The number of nitrogens with zero attached hydrogens (tertiary/aromatic N) is 2. The van der Waals surface area contributed by atoms with Crippen LogP contribution in [0.4, 0.5) is 15.9 Å². The van der Waals surface area contributed by atoms with E-state index >= 15 is 0 Å². The van der Waals surface area contributed by atoms with E-state index in [2.05, 4.69) is 10.3 Å². The minimum Gasteiger partial charge on any atom is -0.367 e. The molecule has 1 N–H and O–H groups in total. The summed E-state index contributed by atoms with van der Waals surface area (Å²) in [7, 11) is 0. The van der Waals surface area contributed by atoms with Crippen LogP contribution >= 0.6 is 0 Å². The summed E-state index contributed by atoms with van der Waals surface area (Å²) in [6.07, 6.45) is 1.84. The number of halogens is 1. The Bertz CT molecular complexity index is 602. The van der Waals surface area contributed by atoms with Gasteiger partial charge in [-0.1, -0.05) is 12.1 Å². The molecule has 0 aliphatic heterocycles. The van der Waals surface area contributed by atoms with Gasteiger partial charge in [0.05, 0.1) is 4.92 Å². The second kappa shape index (κ2) is 6.10. The highest BCUT2D eigenvalue weighted by Gasteiger charge is 2.08. The van der Waals surface area contributed by atoms with Crippen LogP contribution in [0.1, 0.15) is 12.5 Å². The van der Waals surface area contributed by atoms with E-state index in [-0.39, 0.29) is 17.5 Å². The van der Waals surface area contributed by atoms with E-state index in [4.69, 9.17) is 0 Å². The Morgan fingerprint density at radius 1 is 1.40 bits per heavy atom. The van der Waals surface area contributed by atoms with Crippen LogP contribution in [0.5, 0.6) is 0 Å². The van der Waals surface area contributed by atoms with Crippen molar-refractivity contribution in [3.63, 3.8) is 0 Å². The van der Waals surface area contributed by atoms with Crippen LogP contribution in [0.15, 0.2) is 42.6 Å². The smallest absolute Gasteiger partial charge is 0.287 e. The number of aromatic nitrogens is 1. The van der Waals surface area contributed by atoms with Crippen molar-refractivity contribution in [2.24, 2.45) is 0 Å². The summed E-state index contributed by atoms with van der Waals surface area (Å²) < 4.78 is 13.1. The van der Waals surface area contributed by atoms with Gasteiger partial charge in [-0.25, -0.2) is 9.37 Å². The molecule has 5 nitrogen and oxygen atoms in total. The fourth-order valence-corrected chi connectivity index (χ4v) is 1.90. The highest BCUT2D eigenvalue weighted by Crippen LogP contribution is 2.14. The summed E-state index contributed by atoms with van der Waals surface area (Å²) in [5.41, 5.74) is 0.834. The number of rotatable bonds is 5. The summed E-state index contributed by atoms with van der Waals surface area (Å²) in [5, 5.41) is 13.6. The molecule has 0 aliphatic rings. The van der Waals surface area contributed by atoms with E-state index in [0.29, 0.717) is 12.2 Å². The summed E-state index contributed by atoms with van der Waals surface area (Å²) in [4.78, 5) is 14.0. The Balaban J connectivity index is 1.97. The fraction of sp³-hybridized carbons (Fsp3) is 0.214. The van der Waals surface area contributed by atoms with Crippen molar-refractivity contribution in [2.75, 3.05) is 5.32 Å². The maximum Gasteiger partial charge on any atom is 0.287 e. The van der Waals surface area contributed by atoms with Crippen molar-refractivity contribution >= 4 is 11.5 Å². The molecule has 0 radical (unpaired) electrons. The zero-order valence-electron chi connectivity index (χ0n) is 10.9. The quantitative estimate of drug-likeness (QED) is 0.672. The predicted octanol–water partition coefficient (Wildman–Crippen LogP) is 3.17. The van der Waals surface area contributed by atoms with Crippen molar-refractivity contribution in [3.8, 4) is 0 Å². The lowest BCUT2D eigenvalue weighted by molar-refractivity contribution is -0.385. The minimum absolute atomic E-state index is 0.0331. The Kier molecular flexibility index (Phi) is 4.24. The number of hydrogen-bond acceptors (Lipinski definition) is 4. The molecule has 104 valence electrons. The molecule has 0 spiro atoms. The van der Waals surface area contributed by atoms with Gasteiger partial charge in [0, 0.05) is 12.1 Å². The lowest BCUT2D eigenvalue weighted by Gasteiger charge is -2.14. The van der Waals surface area contributed by atoms with Crippen LogP contribution in [0, 0.1) is 15.9 Å². The van der Waals surface area contributed by atoms with Crippen LogP contribution in [0.3, 0.4) is 0 Å². The highest BCUT2D eigenvalue weighted by molar-refractivity contribution is 5.41. The molecule has 2 rings (SSSR count). The fourth-order valence-electron chi connectivity index (χ4n) is 1.90. The van der Waals surface area contributed by atoms with Gasteiger partial charge in [0.1, 0.15) is 17.8 Å². The molecular weight excluding hydrogens is 261 g/mol. The molecule has 0 saturated heterocycles. The molecule has 1 aromatic carbocycles. The van der Waals surface area contributed by atoms with Crippen LogP contribution in [-0.4, -0.2) is 15.9 Å². The number of nitrogens with one attached hydrogen (secondary N) is 1. The highest BCUT2D eigenvalue weighted by atomic mass is 19.1.